The fourth-order valence-corrected chi connectivity index (χ4v) is 7.72. The smallest absolute Gasteiger partial charge is 0.139 e. The zero-order valence-corrected chi connectivity index (χ0v) is 21.1. The minimum Gasteiger partial charge on any atom is -0.299 e. The SMILES string of the molecule is [2H]C1CC(=O)C(C2CCCCCC2=O)C(Br)(Br)C(Br)(Br)C1(Br)Br. The Morgan fingerprint density at radius 2 is 1.55 bits per heavy atom. The van der Waals surface area contributed by atoms with Crippen LogP contribution in [0.2, 0.25) is 0 Å². The van der Waals surface area contributed by atoms with Crippen molar-refractivity contribution in [3.8, 4) is 0 Å². The molecule has 0 saturated heterocycles. The lowest BCUT2D eigenvalue weighted by atomic mass is 9.79. The van der Waals surface area contributed by atoms with Gasteiger partial charge in [-0.05, 0) is 19.2 Å². The van der Waals surface area contributed by atoms with Crippen molar-refractivity contribution < 1.29 is 11.0 Å². The molecular formula is C14H16Br6O2. The fourth-order valence-electron chi connectivity index (χ4n) is 3.12. The van der Waals surface area contributed by atoms with Gasteiger partial charge in [0.1, 0.15) is 21.3 Å². The summed E-state index contributed by atoms with van der Waals surface area (Å²) in [7, 11) is 0. The van der Waals surface area contributed by atoms with Crippen LogP contribution < -0.4 is 0 Å². The highest BCUT2D eigenvalue weighted by Gasteiger charge is 2.65. The summed E-state index contributed by atoms with van der Waals surface area (Å²) in [6, 6.07) is 0. The number of halogens is 6. The zero-order valence-electron chi connectivity index (χ0n) is 12.6. The van der Waals surface area contributed by atoms with E-state index in [-0.39, 0.29) is 23.9 Å². The summed E-state index contributed by atoms with van der Waals surface area (Å²) in [5, 5.41) is 0. The van der Waals surface area contributed by atoms with E-state index in [2.05, 4.69) is 95.6 Å². The third kappa shape index (κ3) is 3.67. The number of carbonyl (C=O) groups excluding carboxylic acids is 2. The molecule has 0 N–H and O–H groups in total. The van der Waals surface area contributed by atoms with Crippen LogP contribution in [0.5, 0.6) is 0 Å². The maximum Gasteiger partial charge on any atom is 0.139 e. The first-order valence-electron chi connectivity index (χ1n) is 7.63. The molecule has 0 aromatic carbocycles. The van der Waals surface area contributed by atoms with E-state index < -0.39 is 22.0 Å². The number of alkyl halides is 6. The van der Waals surface area contributed by atoms with Crippen LogP contribution in [0, 0.1) is 11.8 Å². The van der Waals surface area contributed by atoms with Gasteiger partial charge in [-0.1, -0.05) is 108 Å². The van der Waals surface area contributed by atoms with Crippen molar-refractivity contribution in [3.05, 3.63) is 0 Å². The second-order valence-corrected chi connectivity index (χ2v) is 16.4. The van der Waals surface area contributed by atoms with Crippen molar-refractivity contribution in [2.45, 2.75) is 54.6 Å². The van der Waals surface area contributed by atoms with Crippen LogP contribution in [-0.2, 0) is 9.59 Å². The first-order valence-corrected chi connectivity index (χ1v) is 11.8. The average Bonchev–Trinajstić information content (AvgIpc) is 2.64. The van der Waals surface area contributed by atoms with Crippen LogP contribution >= 0.6 is 95.6 Å². The van der Waals surface area contributed by atoms with E-state index in [0.29, 0.717) is 12.8 Å². The first kappa shape index (κ1) is 19.0. The second kappa shape index (κ2) is 7.45. The predicted octanol–water partition coefficient (Wildman–Crippen LogP) is 6.57. The van der Waals surface area contributed by atoms with Crippen molar-refractivity contribution in [1.29, 1.82) is 0 Å². The third-order valence-corrected chi connectivity index (χ3v) is 15.2. The van der Waals surface area contributed by atoms with Gasteiger partial charge in [-0.2, -0.15) is 0 Å². The molecule has 0 bridgehead atoms. The van der Waals surface area contributed by atoms with Crippen LogP contribution in [0.1, 0.15) is 46.3 Å². The van der Waals surface area contributed by atoms with Crippen molar-refractivity contribution in [1.82, 2.24) is 0 Å². The standard InChI is InChI=1S/C14H16Br6O2/c15-12(16)7-6-10(22)11(13(17,18)14(12,19)20)8-4-2-1-3-5-9(8)21/h8,11H,1-7H2/i7D. The first-order chi connectivity index (χ1) is 10.4. The molecule has 22 heavy (non-hydrogen) atoms. The molecule has 0 aliphatic heterocycles. The summed E-state index contributed by atoms with van der Waals surface area (Å²) in [4.78, 5) is 25.6. The Morgan fingerprint density at radius 3 is 2.18 bits per heavy atom. The number of Topliss-reactive ketones (excluding diaryl/α,β-unsaturated/α-hetero) is 2. The van der Waals surface area contributed by atoms with Gasteiger partial charge in [-0.15, -0.1) is 0 Å². The minimum atomic E-state index is -0.933. The van der Waals surface area contributed by atoms with Gasteiger partial charge in [0.25, 0.3) is 0 Å². The fraction of sp³-hybridized carbons (Fsp3) is 0.857. The second-order valence-electron chi connectivity index (χ2n) is 5.84. The number of rotatable bonds is 1. The Hall–Kier alpha value is 2.22. The van der Waals surface area contributed by atoms with Gasteiger partial charge in [0.05, 0.1) is 5.92 Å². The Bertz CT molecular complexity index is 507. The van der Waals surface area contributed by atoms with Crippen LogP contribution in [-0.4, -0.2) is 21.3 Å². The van der Waals surface area contributed by atoms with Gasteiger partial charge >= 0.3 is 0 Å². The lowest BCUT2D eigenvalue weighted by Crippen LogP contribution is -2.53. The number of hydrogen-bond donors (Lipinski definition) is 0. The molecule has 3 atom stereocenters. The molecule has 2 saturated carbocycles. The molecule has 0 aromatic rings. The van der Waals surface area contributed by atoms with Crippen molar-refractivity contribution in [2.75, 3.05) is 0 Å². The molecule has 2 aliphatic carbocycles. The Balaban J connectivity index is 2.53. The van der Waals surface area contributed by atoms with Crippen molar-refractivity contribution in [3.63, 3.8) is 0 Å². The largest absolute Gasteiger partial charge is 0.299 e. The van der Waals surface area contributed by atoms with Crippen LogP contribution in [0.4, 0.5) is 0 Å². The van der Waals surface area contributed by atoms with Gasteiger partial charge in [-0.3, -0.25) is 9.59 Å². The Labute approximate surface area is 182 Å². The summed E-state index contributed by atoms with van der Waals surface area (Å²) < 4.78 is 5.63. The van der Waals surface area contributed by atoms with Gasteiger partial charge in [-0.25, -0.2) is 0 Å². The maximum absolute atomic E-state index is 13.0. The quantitative estimate of drug-likeness (QED) is 0.230. The zero-order chi connectivity index (χ0) is 17.6. The van der Waals surface area contributed by atoms with Crippen molar-refractivity contribution in [2.24, 2.45) is 11.8 Å². The number of carbonyl (C=O) groups is 2. The van der Waals surface area contributed by atoms with E-state index in [1.165, 1.54) is 0 Å². The van der Waals surface area contributed by atoms with E-state index in [4.69, 9.17) is 1.37 Å². The van der Waals surface area contributed by atoms with Gasteiger partial charge in [0.2, 0.25) is 0 Å². The molecule has 2 fully saturated rings. The van der Waals surface area contributed by atoms with Gasteiger partial charge in [0, 0.05) is 20.1 Å². The van der Waals surface area contributed by atoms with Gasteiger partial charge < -0.3 is 0 Å². The summed E-state index contributed by atoms with van der Waals surface area (Å²) in [6.07, 6.45) is 3.45. The molecule has 3 unspecified atom stereocenters. The molecule has 0 radical (unpaired) electrons. The summed E-state index contributed by atoms with van der Waals surface area (Å²) in [5.41, 5.74) is 0. The van der Waals surface area contributed by atoms with E-state index >= 15 is 0 Å². The number of hydrogen-bond acceptors (Lipinski definition) is 2. The van der Waals surface area contributed by atoms with Crippen molar-refractivity contribution >= 4 is 107 Å². The molecular weight excluding hydrogens is 680 g/mol. The molecule has 2 nitrogen and oxygen atoms in total. The van der Waals surface area contributed by atoms with Crippen LogP contribution in [0.3, 0.4) is 0 Å². The van der Waals surface area contributed by atoms with Crippen LogP contribution in [0.25, 0.3) is 0 Å². The lowest BCUT2D eigenvalue weighted by Gasteiger charge is -2.45. The molecule has 0 aromatic heterocycles. The maximum atomic E-state index is 13.0. The minimum absolute atomic E-state index is 0.0666. The van der Waals surface area contributed by atoms with E-state index in [1.54, 1.807) is 0 Å². The Kier molecular flexibility index (Phi) is 6.43. The van der Waals surface area contributed by atoms with E-state index in [0.717, 1.165) is 19.3 Å². The molecule has 0 spiro atoms. The molecule has 8 heteroatoms. The molecule has 0 heterocycles. The highest BCUT2D eigenvalue weighted by atomic mass is 79.9. The summed E-state index contributed by atoms with van der Waals surface area (Å²) in [5.74, 6) is -0.808. The van der Waals surface area contributed by atoms with E-state index in [1.807, 2.05) is 0 Å². The highest BCUT2D eigenvalue weighted by molar-refractivity contribution is 9.33. The summed E-state index contributed by atoms with van der Waals surface area (Å²) >= 11 is 21.7. The molecule has 2 rings (SSSR count). The normalized spacial score (nSPS) is 38.8. The topological polar surface area (TPSA) is 34.1 Å². The van der Waals surface area contributed by atoms with E-state index in [9.17, 15) is 9.59 Å². The highest BCUT2D eigenvalue weighted by Crippen LogP contribution is 2.66. The predicted molar refractivity (Wildman–Crippen MR) is 111 cm³/mol. The average molecular weight is 697 g/mol. The van der Waals surface area contributed by atoms with Gasteiger partial charge in [0.15, 0.2) is 0 Å². The number of ketones is 2. The summed E-state index contributed by atoms with van der Waals surface area (Å²) in [6.45, 7) is 0. The van der Waals surface area contributed by atoms with Crippen LogP contribution in [0.15, 0.2) is 0 Å². The molecule has 0 amide bonds. The molecule has 126 valence electrons. The Morgan fingerprint density at radius 1 is 0.909 bits per heavy atom. The third-order valence-electron chi connectivity index (χ3n) is 4.39. The monoisotopic (exact) mass is 691 g/mol. The molecule has 2 aliphatic rings. The lowest BCUT2D eigenvalue weighted by molar-refractivity contribution is -0.132.